The normalized spacial score (nSPS) is 13.7. The molecule has 35 heavy (non-hydrogen) atoms. The van der Waals surface area contributed by atoms with Gasteiger partial charge >= 0.3 is 0 Å². The summed E-state index contributed by atoms with van der Waals surface area (Å²) in [6.07, 6.45) is 6.87. The van der Waals surface area contributed by atoms with E-state index in [1.54, 1.807) is 0 Å². The van der Waals surface area contributed by atoms with Crippen LogP contribution in [0.25, 0.3) is 10.9 Å². The Morgan fingerprint density at radius 1 is 0.857 bits per heavy atom. The van der Waals surface area contributed by atoms with Crippen LogP contribution >= 0.6 is 0 Å². The third kappa shape index (κ3) is 4.57. The van der Waals surface area contributed by atoms with Crippen molar-refractivity contribution in [3.05, 3.63) is 102 Å². The molecule has 0 radical (unpaired) electrons. The summed E-state index contributed by atoms with van der Waals surface area (Å²) in [5.74, 6) is 6.75. The fourth-order valence-corrected chi connectivity index (χ4v) is 9.98. The van der Waals surface area contributed by atoms with Crippen molar-refractivity contribution < 1.29 is 4.43 Å². The first-order valence-corrected chi connectivity index (χ1v) is 14.5. The Hall–Kier alpha value is -3.19. The van der Waals surface area contributed by atoms with Crippen molar-refractivity contribution in [2.24, 2.45) is 0 Å². The lowest BCUT2D eigenvalue weighted by Gasteiger charge is -2.42. The Morgan fingerprint density at radius 3 is 2.17 bits per heavy atom. The van der Waals surface area contributed by atoms with Crippen molar-refractivity contribution in [1.29, 1.82) is 0 Å². The third-order valence-electron chi connectivity index (χ3n) is 7.20. The van der Waals surface area contributed by atoms with Crippen LogP contribution in [-0.2, 0) is 17.3 Å². The Balaban J connectivity index is 1.48. The number of fused-ring (bicyclic) bond motifs is 3. The lowest BCUT2D eigenvalue weighted by molar-refractivity contribution is 0.346. The molecule has 3 heteroatoms. The van der Waals surface area contributed by atoms with Gasteiger partial charge in [0.1, 0.15) is 0 Å². The average molecular weight is 476 g/mol. The van der Waals surface area contributed by atoms with E-state index in [-0.39, 0.29) is 5.04 Å². The van der Waals surface area contributed by atoms with Crippen LogP contribution < -0.4 is 10.4 Å². The molecule has 1 heterocycles. The summed E-state index contributed by atoms with van der Waals surface area (Å²) in [4.78, 5) is 4.69. The second-order valence-electron chi connectivity index (χ2n) is 10.5. The summed E-state index contributed by atoms with van der Waals surface area (Å²) in [5, 5.41) is 3.78. The average Bonchev–Trinajstić information content (AvgIpc) is 2.89. The fraction of sp³-hybridized carbons (Fsp3) is 0.281. The molecule has 2 nitrogen and oxygen atoms in total. The van der Waals surface area contributed by atoms with E-state index in [2.05, 4.69) is 118 Å². The monoisotopic (exact) mass is 475 g/mol. The van der Waals surface area contributed by atoms with E-state index in [4.69, 9.17) is 9.41 Å². The van der Waals surface area contributed by atoms with Gasteiger partial charge in [0, 0.05) is 17.1 Å². The van der Waals surface area contributed by atoms with E-state index in [1.807, 2.05) is 0 Å². The van der Waals surface area contributed by atoms with E-state index in [0.717, 1.165) is 23.9 Å². The van der Waals surface area contributed by atoms with Crippen LogP contribution in [0, 0.1) is 11.8 Å². The van der Waals surface area contributed by atoms with Gasteiger partial charge in [0.05, 0.1) is 12.1 Å². The zero-order chi connectivity index (χ0) is 24.3. The summed E-state index contributed by atoms with van der Waals surface area (Å²) in [7, 11) is -2.56. The van der Waals surface area contributed by atoms with Crippen molar-refractivity contribution in [3.8, 4) is 11.8 Å². The van der Waals surface area contributed by atoms with Crippen LogP contribution in [0.1, 0.15) is 50.3 Å². The molecule has 0 bridgehead atoms. The maximum absolute atomic E-state index is 6.92. The highest BCUT2D eigenvalue weighted by molar-refractivity contribution is 6.99. The van der Waals surface area contributed by atoms with Crippen molar-refractivity contribution in [2.75, 3.05) is 6.61 Å². The first kappa shape index (κ1) is 23.5. The molecule has 0 N–H and O–H groups in total. The van der Waals surface area contributed by atoms with Gasteiger partial charge in [-0.1, -0.05) is 93.3 Å². The van der Waals surface area contributed by atoms with Crippen LogP contribution in [0.5, 0.6) is 0 Å². The van der Waals surface area contributed by atoms with Gasteiger partial charge in [0.2, 0.25) is 0 Å². The number of aromatic nitrogens is 1. The number of aryl methyl sites for hydroxylation is 2. The van der Waals surface area contributed by atoms with Gasteiger partial charge in [-0.2, -0.15) is 0 Å². The van der Waals surface area contributed by atoms with Crippen molar-refractivity contribution in [2.45, 2.75) is 51.5 Å². The Morgan fingerprint density at radius 2 is 1.51 bits per heavy atom. The van der Waals surface area contributed by atoms with Crippen molar-refractivity contribution in [1.82, 2.24) is 4.98 Å². The molecule has 1 aliphatic rings. The summed E-state index contributed by atoms with van der Waals surface area (Å²) < 4.78 is 6.92. The Kier molecular flexibility index (Phi) is 6.60. The molecule has 1 aliphatic carbocycles. The Labute approximate surface area is 210 Å². The smallest absolute Gasteiger partial charge is 0.262 e. The van der Waals surface area contributed by atoms with Crippen LogP contribution in [-0.4, -0.2) is 19.9 Å². The van der Waals surface area contributed by atoms with Crippen LogP contribution in [0.2, 0.25) is 5.04 Å². The number of pyridine rings is 1. The van der Waals surface area contributed by atoms with Crippen molar-refractivity contribution >= 4 is 29.6 Å². The molecule has 0 atom stereocenters. The topological polar surface area (TPSA) is 22.1 Å². The zero-order valence-corrected chi connectivity index (χ0v) is 22.0. The van der Waals surface area contributed by atoms with Gasteiger partial charge in [0.25, 0.3) is 8.32 Å². The fourth-order valence-electron chi connectivity index (χ4n) is 5.54. The van der Waals surface area contributed by atoms with Gasteiger partial charge in [-0.3, -0.25) is 4.98 Å². The highest BCUT2D eigenvalue weighted by atomic mass is 28.4. The van der Waals surface area contributed by atoms with E-state index in [1.165, 1.54) is 39.7 Å². The van der Waals surface area contributed by atoms with E-state index in [0.29, 0.717) is 6.61 Å². The minimum atomic E-state index is -2.56. The molecular formula is C32H33NOSi. The van der Waals surface area contributed by atoms with Gasteiger partial charge in [-0.25, -0.2) is 0 Å². The van der Waals surface area contributed by atoms with E-state index in [9.17, 15) is 0 Å². The van der Waals surface area contributed by atoms with Gasteiger partial charge in [0.15, 0.2) is 0 Å². The molecule has 4 aromatic rings. The SMILES string of the molecule is CC(C)(C)[Si](OCC#Cc1ccc2ncc3c(c2c1)CCCC3)(c1ccccc1)c1ccccc1. The number of rotatable bonds is 4. The predicted octanol–water partition coefficient (Wildman–Crippen LogP) is 6.04. The second kappa shape index (κ2) is 9.82. The molecule has 0 saturated carbocycles. The molecule has 0 aliphatic heterocycles. The molecule has 1 aromatic heterocycles. The zero-order valence-electron chi connectivity index (χ0n) is 21.0. The molecular weight excluding hydrogens is 442 g/mol. The summed E-state index contributed by atoms with van der Waals surface area (Å²) in [6, 6.07) is 27.9. The molecule has 3 aromatic carbocycles. The Bertz CT molecular complexity index is 1340. The molecule has 0 amide bonds. The summed E-state index contributed by atoms with van der Waals surface area (Å²) in [5.41, 5.74) is 4.97. The quantitative estimate of drug-likeness (QED) is 0.265. The predicted molar refractivity (Wildman–Crippen MR) is 149 cm³/mol. The standard InChI is InChI=1S/C32H33NOSi/c1-32(2,3)35(27-15-6-4-7-16-27,28-17-8-5-9-18-28)34-22-12-13-25-20-21-31-30(23-25)29-19-11-10-14-26(29)24-33-31/h4-9,15-18,20-21,23-24H,10-11,14,19,22H2,1-3H3. The highest BCUT2D eigenvalue weighted by Gasteiger charge is 2.49. The molecule has 5 rings (SSSR count). The third-order valence-corrected chi connectivity index (χ3v) is 12.2. The summed E-state index contributed by atoms with van der Waals surface area (Å²) in [6.45, 7) is 7.29. The number of hydrogen-bond donors (Lipinski definition) is 0. The van der Waals surface area contributed by atoms with E-state index >= 15 is 0 Å². The first-order chi connectivity index (χ1) is 17.0. The maximum Gasteiger partial charge on any atom is 0.262 e. The highest BCUT2D eigenvalue weighted by Crippen LogP contribution is 2.36. The van der Waals surface area contributed by atoms with Crippen molar-refractivity contribution in [3.63, 3.8) is 0 Å². The second-order valence-corrected chi connectivity index (χ2v) is 14.8. The lowest BCUT2D eigenvalue weighted by atomic mass is 9.90. The lowest BCUT2D eigenvalue weighted by Crippen LogP contribution is -2.66. The minimum absolute atomic E-state index is 0.0505. The molecule has 0 fully saturated rings. The molecule has 0 spiro atoms. The minimum Gasteiger partial charge on any atom is -0.396 e. The van der Waals surface area contributed by atoms with E-state index < -0.39 is 8.32 Å². The maximum atomic E-state index is 6.92. The number of hydrogen-bond acceptors (Lipinski definition) is 2. The van der Waals surface area contributed by atoms with Crippen LogP contribution in [0.4, 0.5) is 0 Å². The van der Waals surface area contributed by atoms with Crippen LogP contribution in [0.3, 0.4) is 0 Å². The first-order valence-electron chi connectivity index (χ1n) is 12.6. The summed E-state index contributed by atoms with van der Waals surface area (Å²) >= 11 is 0. The van der Waals surface area contributed by atoms with Gasteiger partial charge < -0.3 is 4.43 Å². The molecule has 176 valence electrons. The van der Waals surface area contributed by atoms with Gasteiger partial charge in [-0.15, -0.1) is 0 Å². The molecule has 0 saturated heterocycles. The van der Waals surface area contributed by atoms with Gasteiger partial charge in [-0.05, 0) is 70.4 Å². The number of benzene rings is 3. The molecule has 0 unspecified atom stereocenters. The largest absolute Gasteiger partial charge is 0.396 e. The van der Waals surface area contributed by atoms with Crippen LogP contribution in [0.15, 0.2) is 85.1 Å². The number of nitrogens with zero attached hydrogens (tertiary/aromatic N) is 1.